The predicted molar refractivity (Wildman–Crippen MR) is 63.0 cm³/mol. The van der Waals surface area contributed by atoms with E-state index in [0.29, 0.717) is 6.10 Å². The summed E-state index contributed by atoms with van der Waals surface area (Å²) >= 11 is 0. The van der Waals surface area contributed by atoms with E-state index in [-0.39, 0.29) is 0 Å². The van der Waals surface area contributed by atoms with Crippen LogP contribution in [0.2, 0.25) is 0 Å². The van der Waals surface area contributed by atoms with E-state index in [0.717, 1.165) is 38.4 Å². The molecule has 0 bridgehead atoms. The van der Waals surface area contributed by atoms with Gasteiger partial charge in [-0.15, -0.1) is 0 Å². The highest BCUT2D eigenvalue weighted by Gasteiger charge is 1.98. The van der Waals surface area contributed by atoms with Crippen molar-refractivity contribution in [3.05, 3.63) is 12.2 Å². The highest BCUT2D eigenvalue weighted by Crippen LogP contribution is 1.94. The summed E-state index contributed by atoms with van der Waals surface area (Å²) in [5.74, 6) is 0.971. The Balaban J connectivity index is 1.94. The third-order valence-electron chi connectivity index (χ3n) is 2.29. The molecule has 0 aliphatic carbocycles. The summed E-state index contributed by atoms with van der Waals surface area (Å²) in [7, 11) is 1.90. The molecule has 1 heterocycles. The number of rotatable bonds is 8. The van der Waals surface area contributed by atoms with E-state index in [2.05, 4.69) is 29.2 Å². The topological polar surface area (TPSA) is 52.0 Å². The average molecular weight is 226 g/mol. The van der Waals surface area contributed by atoms with Gasteiger partial charge in [0.2, 0.25) is 0 Å². The minimum absolute atomic E-state index is 0.339. The molecule has 1 aromatic rings. The van der Waals surface area contributed by atoms with Crippen LogP contribution in [0.15, 0.2) is 6.33 Å². The maximum atomic E-state index is 5.46. The van der Waals surface area contributed by atoms with Gasteiger partial charge < -0.3 is 10.1 Å². The Labute approximate surface area is 97.2 Å². The zero-order valence-electron chi connectivity index (χ0n) is 10.4. The molecule has 0 atom stereocenters. The van der Waals surface area contributed by atoms with Gasteiger partial charge in [-0.2, -0.15) is 5.10 Å². The lowest BCUT2D eigenvalue weighted by Crippen LogP contribution is -2.18. The number of unbranched alkanes of at least 4 members (excludes halogenated alkanes) is 1. The smallest absolute Gasteiger partial charge is 0.140 e. The Morgan fingerprint density at radius 2 is 2.25 bits per heavy atom. The van der Waals surface area contributed by atoms with Crippen LogP contribution in [-0.4, -0.2) is 34.0 Å². The molecule has 1 rings (SSSR count). The van der Waals surface area contributed by atoms with Gasteiger partial charge in [0.05, 0.1) is 12.6 Å². The van der Waals surface area contributed by atoms with Crippen LogP contribution in [0.1, 0.15) is 32.5 Å². The second-order valence-electron chi connectivity index (χ2n) is 4.10. The fraction of sp³-hybridized carbons (Fsp3) is 0.818. The molecule has 5 nitrogen and oxygen atoms in total. The number of nitrogens with zero attached hydrogens (tertiary/aromatic N) is 3. The Hall–Kier alpha value is -0.940. The molecule has 0 saturated heterocycles. The van der Waals surface area contributed by atoms with Crippen LogP contribution in [0.4, 0.5) is 0 Å². The first-order valence-corrected chi connectivity index (χ1v) is 5.85. The van der Waals surface area contributed by atoms with Crippen molar-refractivity contribution in [3.63, 3.8) is 0 Å². The van der Waals surface area contributed by atoms with Gasteiger partial charge in [-0.1, -0.05) is 0 Å². The first-order valence-electron chi connectivity index (χ1n) is 5.85. The summed E-state index contributed by atoms with van der Waals surface area (Å²) in [5, 5.41) is 7.35. The molecule has 1 aromatic heterocycles. The van der Waals surface area contributed by atoms with Gasteiger partial charge in [0.15, 0.2) is 0 Å². The number of hydrogen-bond donors (Lipinski definition) is 1. The number of nitrogens with one attached hydrogen (secondary N) is 1. The Morgan fingerprint density at radius 3 is 2.88 bits per heavy atom. The van der Waals surface area contributed by atoms with Crippen molar-refractivity contribution in [2.24, 2.45) is 7.05 Å². The molecule has 16 heavy (non-hydrogen) atoms. The molecule has 5 heteroatoms. The van der Waals surface area contributed by atoms with Gasteiger partial charge in [-0.25, -0.2) is 4.98 Å². The summed E-state index contributed by atoms with van der Waals surface area (Å²) in [6, 6.07) is 0. The first-order chi connectivity index (χ1) is 7.70. The molecule has 0 unspecified atom stereocenters. The Morgan fingerprint density at radius 1 is 1.44 bits per heavy atom. The van der Waals surface area contributed by atoms with Crippen LogP contribution < -0.4 is 5.32 Å². The molecule has 92 valence electrons. The van der Waals surface area contributed by atoms with Gasteiger partial charge >= 0.3 is 0 Å². The van der Waals surface area contributed by atoms with Crippen molar-refractivity contribution in [1.82, 2.24) is 20.1 Å². The zero-order chi connectivity index (χ0) is 11.8. The maximum absolute atomic E-state index is 5.46. The highest BCUT2D eigenvalue weighted by atomic mass is 16.5. The summed E-state index contributed by atoms with van der Waals surface area (Å²) in [5.41, 5.74) is 0. The summed E-state index contributed by atoms with van der Waals surface area (Å²) in [4.78, 5) is 4.14. The van der Waals surface area contributed by atoms with E-state index in [9.17, 15) is 0 Å². The van der Waals surface area contributed by atoms with Crippen molar-refractivity contribution in [1.29, 1.82) is 0 Å². The fourth-order valence-electron chi connectivity index (χ4n) is 1.35. The number of aromatic nitrogens is 3. The summed E-state index contributed by atoms with van der Waals surface area (Å²) < 4.78 is 7.25. The maximum Gasteiger partial charge on any atom is 0.140 e. The van der Waals surface area contributed by atoms with Crippen LogP contribution in [-0.2, 0) is 18.3 Å². The van der Waals surface area contributed by atoms with Crippen LogP contribution in [0.3, 0.4) is 0 Å². The Bertz CT molecular complexity index is 285. The van der Waals surface area contributed by atoms with Crippen molar-refractivity contribution in [3.8, 4) is 0 Å². The monoisotopic (exact) mass is 226 g/mol. The third kappa shape index (κ3) is 5.23. The molecule has 0 amide bonds. The van der Waals surface area contributed by atoms with Gasteiger partial charge in [-0.3, -0.25) is 4.68 Å². The summed E-state index contributed by atoms with van der Waals surface area (Å²) in [6.07, 6.45) is 4.15. The van der Waals surface area contributed by atoms with Crippen molar-refractivity contribution < 1.29 is 4.74 Å². The largest absolute Gasteiger partial charge is 0.379 e. The van der Waals surface area contributed by atoms with Crippen LogP contribution in [0, 0.1) is 0 Å². The first kappa shape index (κ1) is 13.1. The van der Waals surface area contributed by atoms with Crippen molar-refractivity contribution >= 4 is 0 Å². The van der Waals surface area contributed by atoms with Crippen LogP contribution in [0.25, 0.3) is 0 Å². The molecule has 1 N–H and O–H groups in total. The minimum Gasteiger partial charge on any atom is -0.379 e. The van der Waals surface area contributed by atoms with E-state index >= 15 is 0 Å². The number of aryl methyl sites for hydroxylation is 1. The molecule has 0 fully saturated rings. The third-order valence-corrected chi connectivity index (χ3v) is 2.29. The molecule has 0 aliphatic heterocycles. The highest BCUT2D eigenvalue weighted by molar-refractivity contribution is 4.81. The van der Waals surface area contributed by atoms with Crippen molar-refractivity contribution in [2.75, 3.05) is 13.2 Å². The number of ether oxygens (including phenoxy) is 1. The van der Waals surface area contributed by atoms with E-state index in [1.165, 1.54) is 0 Å². The van der Waals surface area contributed by atoms with Crippen LogP contribution >= 0.6 is 0 Å². The lowest BCUT2D eigenvalue weighted by Gasteiger charge is -2.07. The fourth-order valence-corrected chi connectivity index (χ4v) is 1.35. The second kappa shape index (κ2) is 7.35. The predicted octanol–water partition coefficient (Wildman–Crippen LogP) is 1.11. The van der Waals surface area contributed by atoms with Crippen LogP contribution in [0.5, 0.6) is 0 Å². The quantitative estimate of drug-likeness (QED) is 0.675. The molecule has 0 aromatic carbocycles. The minimum atomic E-state index is 0.339. The normalized spacial score (nSPS) is 11.2. The molecule has 0 aliphatic rings. The van der Waals surface area contributed by atoms with E-state index in [4.69, 9.17) is 4.74 Å². The second-order valence-corrected chi connectivity index (χ2v) is 4.10. The van der Waals surface area contributed by atoms with Crippen molar-refractivity contribution in [2.45, 2.75) is 39.3 Å². The summed E-state index contributed by atoms with van der Waals surface area (Å²) in [6.45, 7) is 6.75. The average Bonchev–Trinajstić information content (AvgIpc) is 2.62. The molecular weight excluding hydrogens is 204 g/mol. The molecule has 0 radical (unpaired) electrons. The number of hydrogen-bond acceptors (Lipinski definition) is 4. The van der Waals surface area contributed by atoms with E-state index in [1.54, 1.807) is 11.0 Å². The molecule has 0 spiro atoms. The van der Waals surface area contributed by atoms with Gasteiger partial charge in [0, 0.05) is 13.7 Å². The molecular formula is C11H22N4O. The van der Waals surface area contributed by atoms with E-state index < -0.39 is 0 Å². The Kier molecular flexibility index (Phi) is 6.03. The molecule has 0 saturated carbocycles. The van der Waals surface area contributed by atoms with Gasteiger partial charge in [-0.05, 0) is 33.2 Å². The van der Waals surface area contributed by atoms with Gasteiger partial charge in [0.25, 0.3) is 0 Å². The lowest BCUT2D eigenvalue weighted by molar-refractivity contribution is 0.0760. The van der Waals surface area contributed by atoms with Gasteiger partial charge in [0.1, 0.15) is 12.2 Å². The zero-order valence-corrected chi connectivity index (χ0v) is 10.4. The van der Waals surface area contributed by atoms with E-state index in [1.807, 2.05) is 7.05 Å². The SMILES string of the molecule is CC(C)OCCCCNCc1ncnn1C. The lowest BCUT2D eigenvalue weighted by atomic mass is 10.3. The standard InChI is InChI=1S/C11H22N4O/c1-10(2)16-7-5-4-6-12-8-11-13-9-14-15(11)3/h9-10,12H,4-8H2,1-3H3.